The van der Waals surface area contributed by atoms with E-state index >= 15 is 0 Å². The monoisotopic (exact) mass is 170 g/mol. The summed E-state index contributed by atoms with van der Waals surface area (Å²) in [4.78, 5) is 5.16. The Morgan fingerprint density at radius 3 is 2.55 bits per heavy atom. The molecule has 1 aromatic rings. The molecule has 2 nitrogen and oxygen atoms in total. The van der Waals surface area contributed by atoms with Crippen LogP contribution in [0.3, 0.4) is 0 Å². The zero-order valence-electron chi connectivity index (χ0n) is 7.16. The number of nitrogens with zero attached hydrogens (tertiary/aromatic N) is 1. The minimum atomic E-state index is 0.106. The van der Waals surface area contributed by atoms with Crippen LogP contribution in [0.4, 0.5) is 0 Å². The van der Waals surface area contributed by atoms with Gasteiger partial charge >= 0.3 is 0 Å². The summed E-state index contributed by atoms with van der Waals surface area (Å²) in [5.41, 5.74) is 7.94. The quantitative estimate of drug-likeness (QED) is 0.701. The first-order valence-electron chi connectivity index (χ1n) is 3.66. The van der Waals surface area contributed by atoms with Gasteiger partial charge in [0.2, 0.25) is 0 Å². The van der Waals surface area contributed by atoms with Gasteiger partial charge in [-0.1, -0.05) is 20.8 Å². The first kappa shape index (κ1) is 8.68. The van der Waals surface area contributed by atoms with E-state index in [1.54, 1.807) is 11.3 Å². The van der Waals surface area contributed by atoms with Crippen LogP contribution in [-0.2, 0) is 0 Å². The molecule has 0 saturated carbocycles. The average Bonchev–Trinajstić information content (AvgIpc) is 2.34. The Labute approximate surface area is 71.5 Å². The summed E-state index contributed by atoms with van der Waals surface area (Å²) >= 11 is 1.62. The van der Waals surface area contributed by atoms with Crippen molar-refractivity contribution < 1.29 is 0 Å². The van der Waals surface area contributed by atoms with E-state index in [1.165, 1.54) is 0 Å². The molecule has 1 atom stereocenters. The van der Waals surface area contributed by atoms with Gasteiger partial charge in [-0.2, -0.15) is 0 Å². The van der Waals surface area contributed by atoms with Crippen LogP contribution >= 0.6 is 11.3 Å². The van der Waals surface area contributed by atoms with Crippen molar-refractivity contribution in [3.8, 4) is 0 Å². The summed E-state index contributed by atoms with van der Waals surface area (Å²) in [5.74, 6) is 0. The molecule has 1 heterocycles. The number of hydrogen-bond donors (Lipinski definition) is 1. The highest BCUT2D eigenvalue weighted by Crippen LogP contribution is 2.31. The molecule has 1 unspecified atom stereocenters. The second kappa shape index (κ2) is 2.91. The fourth-order valence-electron chi connectivity index (χ4n) is 0.806. The van der Waals surface area contributed by atoms with Crippen LogP contribution in [-0.4, -0.2) is 4.98 Å². The minimum Gasteiger partial charge on any atom is -0.323 e. The Morgan fingerprint density at radius 2 is 2.18 bits per heavy atom. The highest BCUT2D eigenvalue weighted by Gasteiger charge is 2.22. The lowest BCUT2D eigenvalue weighted by Gasteiger charge is -2.25. The van der Waals surface area contributed by atoms with Crippen LogP contribution in [0.5, 0.6) is 0 Å². The van der Waals surface area contributed by atoms with Crippen LogP contribution in [0.1, 0.15) is 31.7 Å². The van der Waals surface area contributed by atoms with Crippen molar-refractivity contribution in [1.82, 2.24) is 4.98 Å². The summed E-state index contributed by atoms with van der Waals surface area (Å²) in [6.45, 7) is 6.41. The van der Waals surface area contributed by atoms with Gasteiger partial charge in [0.15, 0.2) is 0 Å². The smallest absolute Gasteiger partial charge is 0.0794 e. The summed E-state index contributed by atoms with van der Waals surface area (Å²) in [6, 6.07) is 0.106. The van der Waals surface area contributed by atoms with E-state index in [9.17, 15) is 0 Å². The van der Waals surface area contributed by atoms with E-state index in [-0.39, 0.29) is 11.5 Å². The van der Waals surface area contributed by atoms with Crippen molar-refractivity contribution in [2.24, 2.45) is 11.1 Å². The van der Waals surface area contributed by atoms with Gasteiger partial charge in [0.25, 0.3) is 0 Å². The fraction of sp³-hybridized carbons (Fsp3) is 0.625. The van der Waals surface area contributed by atoms with Gasteiger partial charge in [-0.05, 0) is 5.41 Å². The minimum absolute atomic E-state index is 0.106. The van der Waals surface area contributed by atoms with Crippen molar-refractivity contribution in [3.63, 3.8) is 0 Å². The van der Waals surface area contributed by atoms with Crippen molar-refractivity contribution in [2.75, 3.05) is 0 Å². The zero-order chi connectivity index (χ0) is 8.48. The van der Waals surface area contributed by atoms with Gasteiger partial charge in [0.1, 0.15) is 0 Å². The maximum Gasteiger partial charge on any atom is 0.0794 e. The molecule has 1 aromatic heterocycles. The maximum absolute atomic E-state index is 5.99. The summed E-state index contributed by atoms with van der Waals surface area (Å²) < 4.78 is 0. The second-order valence-corrected chi connectivity index (χ2v) is 4.67. The van der Waals surface area contributed by atoms with Crippen LogP contribution in [0.2, 0.25) is 0 Å². The molecule has 0 aliphatic heterocycles. The standard InChI is InChI=1S/C8H14N2S/c1-8(2,3)7(9)6-4-10-5-11-6/h4-5,7H,9H2,1-3H3. The van der Waals surface area contributed by atoms with E-state index in [2.05, 4.69) is 25.8 Å². The number of aromatic nitrogens is 1. The van der Waals surface area contributed by atoms with Gasteiger partial charge in [-0.3, -0.25) is 4.98 Å². The normalized spacial score (nSPS) is 14.9. The van der Waals surface area contributed by atoms with E-state index < -0.39 is 0 Å². The van der Waals surface area contributed by atoms with Crippen molar-refractivity contribution in [3.05, 3.63) is 16.6 Å². The molecule has 0 saturated heterocycles. The molecule has 0 aliphatic carbocycles. The van der Waals surface area contributed by atoms with E-state index in [1.807, 2.05) is 11.7 Å². The first-order valence-corrected chi connectivity index (χ1v) is 4.54. The molecule has 0 spiro atoms. The summed E-state index contributed by atoms with van der Waals surface area (Å²) in [6.07, 6.45) is 1.85. The lowest BCUT2D eigenvalue weighted by atomic mass is 9.87. The SMILES string of the molecule is CC(C)(C)C(N)c1cncs1. The molecular weight excluding hydrogens is 156 g/mol. The Hall–Kier alpha value is -0.410. The Bertz CT molecular complexity index is 210. The molecule has 11 heavy (non-hydrogen) atoms. The molecule has 3 heteroatoms. The molecule has 0 radical (unpaired) electrons. The van der Waals surface area contributed by atoms with E-state index in [0.29, 0.717) is 0 Å². The van der Waals surface area contributed by atoms with Crippen LogP contribution in [0.25, 0.3) is 0 Å². The maximum atomic E-state index is 5.99. The van der Waals surface area contributed by atoms with Crippen molar-refractivity contribution >= 4 is 11.3 Å². The van der Waals surface area contributed by atoms with Crippen LogP contribution in [0.15, 0.2) is 11.7 Å². The second-order valence-electron chi connectivity index (χ2n) is 3.75. The van der Waals surface area contributed by atoms with Gasteiger partial charge in [-0.15, -0.1) is 11.3 Å². The molecular formula is C8H14N2S. The van der Waals surface area contributed by atoms with Gasteiger partial charge in [-0.25, -0.2) is 0 Å². The predicted octanol–water partition coefficient (Wildman–Crippen LogP) is 2.19. The molecule has 1 rings (SSSR count). The third-order valence-electron chi connectivity index (χ3n) is 1.69. The first-order chi connectivity index (χ1) is 5.02. The molecule has 62 valence electrons. The van der Waals surface area contributed by atoms with Crippen molar-refractivity contribution in [1.29, 1.82) is 0 Å². The molecule has 0 fully saturated rings. The number of hydrogen-bond acceptors (Lipinski definition) is 3. The number of nitrogens with two attached hydrogens (primary N) is 1. The average molecular weight is 170 g/mol. The number of rotatable bonds is 1. The van der Waals surface area contributed by atoms with Gasteiger partial charge in [0, 0.05) is 17.1 Å². The molecule has 2 N–H and O–H groups in total. The largest absolute Gasteiger partial charge is 0.323 e. The molecule has 0 bridgehead atoms. The van der Waals surface area contributed by atoms with Crippen LogP contribution < -0.4 is 5.73 Å². The van der Waals surface area contributed by atoms with Gasteiger partial charge < -0.3 is 5.73 Å². The lowest BCUT2D eigenvalue weighted by Crippen LogP contribution is -2.25. The molecule has 0 aromatic carbocycles. The highest BCUT2D eigenvalue weighted by molar-refractivity contribution is 7.09. The fourth-order valence-corrected chi connectivity index (χ4v) is 1.67. The lowest BCUT2D eigenvalue weighted by molar-refractivity contribution is 0.330. The van der Waals surface area contributed by atoms with Crippen molar-refractivity contribution in [2.45, 2.75) is 26.8 Å². The topological polar surface area (TPSA) is 38.9 Å². The molecule has 0 amide bonds. The third-order valence-corrected chi connectivity index (χ3v) is 2.55. The summed E-state index contributed by atoms with van der Waals surface area (Å²) in [7, 11) is 0. The van der Waals surface area contributed by atoms with E-state index in [4.69, 9.17) is 5.73 Å². The Morgan fingerprint density at radius 1 is 1.55 bits per heavy atom. The van der Waals surface area contributed by atoms with Crippen LogP contribution in [0, 0.1) is 5.41 Å². The van der Waals surface area contributed by atoms with E-state index in [0.717, 1.165) is 4.88 Å². The predicted molar refractivity (Wildman–Crippen MR) is 48.5 cm³/mol. The Kier molecular flexibility index (Phi) is 2.30. The highest BCUT2D eigenvalue weighted by atomic mass is 32.1. The Balaban J connectivity index is 2.78. The molecule has 0 aliphatic rings. The zero-order valence-corrected chi connectivity index (χ0v) is 7.98. The third kappa shape index (κ3) is 2.01. The number of thiazole rings is 1. The summed E-state index contributed by atoms with van der Waals surface area (Å²) in [5, 5.41) is 0. The van der Waals surface area contributed by atoms with Gasteiger partial charge in [0.05, 0.1) is 5.51 Å².